The third kappa shape index (κ3) is 5.74. The molecule has 0 saturated heterocycles. The number of carbonyl (C=O) groups excluding carboxylic acids is 1. The van der Waals surface area contributed by atoms with Crippen molar-refractivity contribution in [1.29, 1.82) is 0 Å². The van der Waals surface area contributed by atoms with E-state index >= 15 is 0 Å². The minimum absolute atomic E-state index is 0.141. The van der Waals surface area contributed by atoms with Gasteiger partial charge in [-0.05, 0) is 37.1 Å². The maximum Gasteiger partial charge on any atom is 0.229 e. The third-order valence-electron chi connectivity index (χ3n) is 4.23. The number of benzene rings is 1. The molecule has 0 unspecified atom stereocenters. The van der Waals surface area contributed by atoms with Crippen LogP contribution in [-0.4, -0.2) is 28.8 Å². The number of hydrogen-bond donors (Lipinski definition) is 2. The molecular weight excluding hydrogens is 316 g/mol. The zero-order valence-electron chi connectivity index (χ0n) is 14.3. The lowest BCUT2D eigenvalue weighted by atomic mass is 9.95. The first kappa shape index (κ1) is 17.2. The molecule has 3 rings (SSSR count). The van der Waals surface area contributed by atoms with Gasteiger partial charge in [0, 0.05) is 6.04 Å². The number of rotatable bonds is 7. The quantitative estimate of drug-likeness (QED) is 0.805. The summed E-state index contributed by atoms with van der Waals surface area (Å²) < 4.78 is 5.51. The van der Waals surface area contributed by atoms with Gasteiger partial charge in [0.05, 0.1) is 13.0 Å². The number of ether oxygens (including phenoxy) is 1. The maximum absolute atomic E-state index is 11.9. The minimum Gasteiger partial charge on any atom is -0.493 e. The molecule has 132 valence electrons. The van der Waals surface area contributed by atoms with E-state index in [0.29, 0.717) is 18.5 Å². The summed E-state index contributed by atoms with van der Waals surface area (Å²) >= 11 is 0. The van der Waals surface area contributed by atoms with Crippen molar-refractivity contribution < 1.29 is 9.53 Å². The van der Waals surface area contributed by atoms with Crippen molar-refractivity contribution in [3.63, 3.8) is 0 Å². The van der Waals surface area contributed by atoms with Crippen LogP contribution in [0.3, 0.4) is 0 Å². The number of anilines is 2. The van der Waals surface area contributed by atoms with E-state index in [-0.39, 0.29) is 12.3 Å². The van der Waals surface area contributed by atoms with Gasteiger partial charge in [0.15, 0.2) is 5.82 Å². The first-order valence-corrected chi connectivity index (χ1v) is 8.87. The number of hydrogen-bond acceptors (Lipinski definition) is 5. The van der Waals surface area contributed by atoms with Crippen LogP contribution in [0.25, 0.3) is 0 Å². The van der Waals surface area contributed by atoms with E-state index in [9.17, 15) is 4.79 Å². The van der Waals surface area contributed by atoms with Gasteiger partial charge in [-0.3, -0.25) is 4.79 Å². The summed E-state index contributed by atoms with van der Waals surface area (Å²) in [5.41, 5.74) is 0. The van der Waals surface area contributed by atoms with E-state index in [4.69, 9.17) is 4.74 Å². The van der Waals surface area contributed by atoms with Crippen LogP contribution in [0.1, 0.15) is 38.5 Å². The Morgan fingerprint density at radius 2 is 1.72 bits per heavy atom. The summed E-state index contributed by atoms with van der Waals surface area (Å²) in [5, 5.41) is 14.4. The van der Waals surface area contributed by atoms with Crippen LogP contribution in [0.15, 0.2) is 42.5 Å². The van der Waals surface area contributed by atoms with E-state index in [1.165, 1.54) is 32.1 Å². The highest BCUT2D eigenvalue weighted by molar-refractivity contribution is 5.89. The van der Waals surface area contributed by atoms with Crippen LogP contribution in [0, 0.1) is 0 Å². The van der Waals surface area contributed by atoms with Gasteiger partial charge in [0.1, 0.15) is 11.6 Å². The van der Waals surface area contributed by atoms with Crippen molar-refractivity contribution in [2.75, 3.05) is 17.2 Å². The molecule has 1 aliphatic carbocycles. The summed E-state index contributed by atoms with van der Waals surface area (Å²) in [6.07, 6.45) is 6.49. The maximum atomic E-state index is 11.9. The predicted octanol–water partition coefficient (Wildman–Crippen LogP) is 3.63. The van der Waals surface area contributed by atoms with Crippen LogP contribution in [-0.2, 0) is 4.79 Å². The first-order chi connectivity index (χ1) is 12.3. The topological polar surface area (TPSA) is 76.1 Å². The Hall–Kier alpha value is -2.63. The number of amides is 1. The van der Waals surface area contributed by atoms with E-state index in [2.05, 4.69) is 20.8 Å². The summed E-state index contributed by atoms with van der Waals surface area (Å²) in [4.78, 5) is 11.9. The van der Waals surface area contributed by atoms with Crippen LogP contribution in [0.5, 0.6) is 5.75 Å². The van der Waals surface area contributed by atoms with Gasteiger partial charge >= 0.3 is 0 Å². The molecule has 0 atom stereocenters. The molecule has 1 aromatic heterocycles. The second-order valence-corrected chi connectivity index (χ2v) is 6.24. The smallest absolute Gasteiger partial charge is 0.229 e. The Balaban J connectivity index is 1.40. The molecule has 2 aromatic rings. The summed E-state index contributed by atoms with van der Waals surface area (Å²) in [6, 6.07) is 13.6. The van der Waals surface area contributed by atoms with Crippen molar-refractivity contribution in [3.8, 4) is 5.75 Å². The van der Waals surface area contributed by atoms with Crippen molar-refractivity contribution in [3.05, 3.63) is 42.5 Å². The fraction of sp³-hybridized carbons (Fsp3) is 0.421. The standard InChI is InChI=1S/C19H24N4O2/c24-19(13-14-25-16-9-5-2-6-10-16)21-18-12-11-17(22-23-18)20-15-7-3-1-4-8-15/h2,5-6,9-12,15H,1,3-4,7-8,13-14H2,(H,20,22)(H,21,23,24). The van der Waals surface area contributed by atoms with E-state index in [0.717, 1.165) is 11.6 Å². The van der Waals surface area contributed by atoms with Gasteiger partial charge in [-0.1, -0.05) is 37.5 Å². The molecule has 1 heterocycles. The molecule has 1 fully saturated rings. The van der Waals surface area contributed by atoms with Gasteiger partial charge in [-0.15, -0.1) is 10.2 Å². The Labute approximate surface area is 148 Å². The molecule has 0 radical (unpaired) electrons. The van der Waals surface area contributed by atoms with E-state index in [1.54, 1.807) is 6.07 Å². The molecule has 1 amide bonds. The molecular formula is C19H24N4O2. The molecule has 0 spiro atoms. The van der Waals surface area contributed by atoms with E-state index < -0.39 is 0 Å². The normalized spacial score (nSPS) is 14.7. The second kappa shape index (κ2) is 9.01. The predicted molar refractivity (Wildman–Crippen MR) is 97.7 cm³/mol. The molecule has 1 aliphatic rings. The Morgan fingerprint density at radius 1 is 1.00 bits per heavy atom. The van der Waals surface area contributed by atoms with Gasteiger partial charge in [0.25, 0.3) is 0 Å². The number of nitrogens with one attached hydrogen (secondary N) is 2. The van der Waals surface area contributed by atoms with Gasteiger partial charge < -0.3 is 15.4 Å². The lowest BCUT2D eigenvalue weighted by Crippen LogP contribution is -2.23. The SMILES string of the molecule is O=C(CCOc1ccccc1)Nc1ccc(NC2CCCCC2)nn1. The highest BCUT2D eigenvalue weighted by Gasteiger charge is 2.13. The average molecular weight is 340 g/mol. The molecule has 2 N–H and O–H groups in total. The third-order valence-corrected chi connectivity index (χ3v) is 4.23. The van der Waals surface area contributed by atoms with Gasteiger partial charge in [-0.2, -0.15) is 0 Å². The fourth-order valence-corrected chi connectivity index (χ4v) is 2.92. The number of carbonyl (C=O) groups is 1. The van der Waals surface area contributed by atoms with Crippen LogP contribution in [0.2, 0.25) is 0 Å². The number of nitrogens with zero attached hydrogens (tertiary/aromatic N) is 2. The van der Waals surface area contributed by atoms with Crippen LogP contribution < -0.4 is 15.4 Å². The van der Waals surface area contributed by atoms with Crippen LogP contribution >= 0.6 is 0 Å². The monoisotopic (exact) mass is 340 g/mol. The van der Waals surface area contributed by atoms with E-state index in [1.807, 2.05) is 36.4 Å². The van der Waals surface area contributed by atoms with Gasteiger partial charge in [-0.25, -0.2) is 0 Å². The van der Waals surface area contributed by atoms with Crippen molar-refractivity contribution in [2.45, 2.75) is 44.6 Å². The highest BCUT2D eigenvalue weighted by Crippen LogP contribution is 2.20. The summed E-state index contributed by atoms with van der Waals surface area (Å²) in [7, 11) is 0. The van der Waals surface area contributed by atoms with Crippen molar-refractivity contribution in [2.24, 2.45) is 0 Å². The largest absolute Gasteiger partial charge is 0.493 e. The van der Waals surface area contributed by atoms with Crippen molar-refractivity contribution in [1.82, 2.24) is 10.2 Å². The number of para-hydroxylation sites is 1. The van der Waals surface area contributed by atoms with Gasteiger partial charge in [0.2, 0.25) is 5.91 Å². The molecule has 6 heteroatoms. The molecule has 1 aromatic carbocycles. The molecule has 6 nitrogen and oxygen atoms in total. The zero-order chi connectivity index (χ0) is 17.3. The molecule has 0 bridgehead atoms. The molecule has 25 heavy (non-hydrogen) atoms. The first-order valence-electron chi connectivity index (χ1n) is 8.87. The average Bonchev–Trinajstić information content (AvgIpc) is 2.65. The Kier molecular flexibility index (Phi) is 6.20. The van der Waals surface area contributed by atoms with Crippen molar-refractivity contribution >= 4 is 17.5 Å². The Morgan fingerprint density at radius 3 is 2.44 bits per heavy atom. The summed E-state index contributed by atoms with van der Waals surface area (Å²) in [5.74, 6) is 1.84. The zero-order valence-corrected chi connectivity index (χ0v) is 14.3. The highest BCUT2D eigenvalue weighted by atomic mass is 16.5. The second-order valence-electron chi connectivity index (χ2n) is 6.24. The summed E-state index contributed by atoms with van der Waals surface area (Å²) in [6.45, 7) is 0.324. The Bertz CT molecular complexity index is 655. The van der Waals surface area contributed by atoms with Crippen LogP contribution in [0.4, 0.5) is 11.6 Å². The lowest BCUT2D eigenvalue weighted by Gasteiger charge is -2.22. The number of aromatic nitrogens is 2. The molecule has 0 aliphatic heterocycles. The molecule has 1 saturated carbocycles. The minimum atomic E-state index is -0.141. The lowest BCUT2D eigenvalue weighted by molar-refractivity contribution is -0.116. The fourth-order valence-electron chi connectivity index (χ4n) is 2.92.